The molecule has 1 heteroatoms. The van der Waals surface area contributed by atoms with E-state index in [1.807, 2.05) is 0 Å². The molecule has 12 heavy (non-hydrogen) atoms. The van der Waals surface area contributed by atoms with Gasteiger partial charge in [-0.2, -0.15) is 0 Å². The maximum Gasteiger partial charge on any atom is 0.00762 e. The average Bonchev–Trinajstić information content (AvgIpc) is 2.86. The van der Waals surface area contributed by atoms with Crippen LogP contribution in [0.3, 0.4) is 0 Å². The average molecular weight is 161 g/mol. The number of hydrogen-bond acceptors (Lipinski definition) is 1. The third-order valence-corrected chi connectivity index (χ3v) is 2.91. The van der Waals surface area contributed by atoms with Crippen LogP contribution in [0.2, 0.25) is 0 Å². The molecule has 1 aromatic carbocycles. The highest BCUT2D eigenvalue weighted by Gasteiger charge is 2.42. The van der Waals surface area contributed by atoms with E-state index in [4.69, 9.17) is 5.73 Å². The summed E-state index contributed by atoms with van der Waals surface area (Å²) in [7, 11) is 0. The zero-order valence-electron chi connectivity index (χ0n) is 7.51. The molecule has 1 nitrogen and oxygen atoms in total. The first-order chi connectivity index (χ1) is 5.77. The van der Waals surface area contributed by atoms with Gasteiger partial charge in [-0.05, 0) is 25.3 Å². The molecule has 0 saturated heterocycles. The monoisotopic (exact) mass is 161 g/mol. The highest BCUT2D eigenvalue weighted by molar-refractivity contribution is 5.33. The molecule has 0 spiro atoms. The first kappa shape index (κ1) is 7.81. The zero-order valence-corrected chi connectivity index (χ0v) is 7.51. The predicted molar refractivity (Wildman–Crippen MR) is 51.1 cm³/mol. The van der Waals surface area contributed by atoms with E-state index >= 15 is 0 Å². The van der Waals surface area contributed by atoms with Gasteiger partial charge in [-0.3, -0.25) is 0 Å². The van der Waals surface area contributed by atoms with Crippen LogP contribution in [-0.2, 0) is 5.41 Å². The van der Waals surface area contributed by atoms with Crippen molar-refractivity contribution in [3.63, 3.8) is 0 Å². The van der Waals surface area contributed by atoms with E-state index in [0.717, 1.165) is 6.54 Å². The van der Waals surface area contributed by atoms with Crippen molar-refractivity contribution in [2.75, 3.05) is 6.54 Å². The van der Waals surface area contributed by atoms with Crippen molar-refractivity contribution in [2.24, 2.45) is 5.73 Å². The Morgan fingerprint density at radius 2 is 1.83 bits per heavy atom. The molecule has 0 bridgehead atoms. The second kappa shape index (κ2) is 2.60. The van der Waals surface area contributed by atoms with E-state index in [9.17, 15) is 0 Å². The Morgan fingerprint density at radius 3 is 2.25 bits per heavy atom. The minimum Gasteiger partial charge on any atom is -0.330 e. The normalized spacial score (nSPS) is 19.2. The van der Waals surface area contributed by atoms with Crippen LogP contribution in [0.1, 0.15) is 24.0 Å². The van der Waals surface area contributed by atoms with Crippen LogP contribution in [-0.4, -0.2) is 6.54 Å². The number of aryl methyl sites for hydroxylation is 1. The molecule has 1 aliphatic carbocycles. The lowest BCUT2D eigenvalue weighted by atomic mass is 9.95. The molecular formula is C11H15N. The molecule has 64 valence electrons. The van der Waals surface area contributed by atoms with Crippen LogP contribution in [0.15, 0.2) is 24.3 Å². The van der Waals surface area contributed by atoms with Crippen molar-refractivity contribution in [3.05, 3.63) is 35.4 Å². The van der Waals surface area contributed by atoms with Gasteiger partial charge in [0.05, 0.1) is 0 Å². The summed E-state index contributed by atoms with van der Waals surface area (Å²) in [5.74, 6) is 0. The van der Waals surface area contributed by atoms with Crippen molar-refractivity contribution in [1.29, 1.82) is 0 Å². The van der Waals surface area contributed by atoms with Gasteiger partial charge in [0.1, 0.15) is 0 Å². The smallest absolute Gasteiger partial charge is 0.00762 e. The molecule has 0 amide bonds. The van der Waals surface area contributed by atoms with Gasteiger partial charge in [0.25, 0.3) is 0 Å². The molecule has 0 unspecified atom stereocenters. The van der Waals surface area contributed by atoms with E-state index in [1.165, 1.54) is 24.0 Å². The summed E-state index contributed by atoms with van der Waals surface area (Å²) in [5, 5.41) is 0. The second-order valence-corrected chi connectivity index (χ2v) is 3.85. The first-order valence-electron chi connectivity index (χ1n) is 4.54. The Bertz CT molecular complexity index is 270. The molecule has 0 radical (unpaired) electrons. The molecule has 2 rings (SSSR count). The van der Waals surface area contributed by atoms with Gasteiger partial charge in [0.15, 0.2) is 0 Å². The van der Waals surface area contributed by atoms with Crippen LogP contribution in [0.25, 0.3) is 0 Å². The maximum atomic E-state index is 5.74. The third-order valence-electron chi connectivity index (χ3n) is 2.91. The minimum atomic E-state index is 0.355. The van der Waals surface area contributed by atoms with Crippen LogP contribution >= 0.6 is 0 Å². The fourth-order valence-electron chi connectivity index (χ4n) is 1.67. The van der Waals surface area contributed by atoms with E-state index in [-0.39, 0.29) is 0 Å². The summed E-state index contributed by atoms with van der Waals surface area (Å²) >= 11 is 0. The van der Waals surface area contributed by atoms with Crippen molar-refractivity contribution in [2.45, 2.75) is 25.2 Å². The molecule has 0 aromatic heterocycles. The van der Waals surface area contributed by atoms with Gasteiger partial charge >= 0.3 is 0 Å². The topological polar surface area (TPSA) is 26.0 Å². The first-order valence-corrected chi connectivity index (χ1v) is 4.54. The predicted octanol–water partition coefficient (Wildman–Crippen LogP) is 1.99. The maximum absolute atomic E-state index is 5.74. The molecule has 2 N–H and O–H groups in total. The lowest BCUT2D eigenvalue weighted by molar-refractivity contribution is 0.704. The van der Waals surface area contributed by atoms with Crippen LogP contribution in [0.4, 0.5) is 0 Å². The lowest BCUT2D eigenvalue weighted by Gasteiger charge is -2.12. The highest BCUT2D eigenvalue weighted by atomic mass is 14.7. The zero-order chi connectivity index (χ0) is 8.60. The Hall–Kier alpha value is -0.820. The van der Waals surface area contributed by atoms with Gasteiger partial charge in [-0.1, -0.05) is 29.8 Å². The largest absolute Gasteiger partial charge is 0.330 e. The molecule has 0 aliphatic heterocycles. The molecule has 1 saturated carbocycles. The van der Waals surface area contributed by atoms with E-state index in [2.05, 4.69) is 31.2 Å². The fraction of sp³-hybridized carbons (Fsp3) is 0.455. The molecule has 0 atom stereocenters. The number of nitrogens with two attached hydrogens (primary N) is 1. The quantitative estimate of drug-likeness (QED) is 0.705. The summed E-state index contributed by atoms with van der Waals surface area (Å²) in [6.45, 7) is 2.92. The molecule has 1 aromatic rings. The third kappa shape index (κ3) is 1.14. The standard InChI is InChI=1S/C11H15N/c1-9-2-4-10(5-3-9)11(8-12)6-7-11/h2-5H,6-8,12H2,1H3. The van der Waals surface area contributed by atoms with Gasteiger partial charge in [0, 0.05) is 12.0 Å². The number of rotatable bonds is 2. The molecule has 0 heterocycles. The molecular weight excluding hydrogens is 146 g/mol. The van der Waals surface area contributed by atoms with Gasteiger partial charge in [-0.25, -0.2) is 0 Å². The fourth-order valence-corrected chi connectivity index (χ4v) is 1.67. The van der Waals surface area contributed by atoms with Crippen molar-refractivity contribution in [3.8, 4) is 0 Å². The lowest BCUT2D eigenvalue weighted by Crippen LogP contribution is -2.19. The Morgan fingerprint density at radius 1 is 1.25 bits per heavy atom. The highest BCUT2D eigenvalue weighted by Crippen LogP contribution is 2.46. The number of benzene rings is 1. The summed E-state index contributed by atoms with van der Waals surface area (Å²) < 4.78 is 0. The van der Waals surface area contributed by atoms with Crippen LogP contribution in [0.5, 0.6) is 0 Å². The Kier molecular flexibility index (Phi) is 1.69. The molecule has 1 fully saturated rings. The van der Waals surface area contributed by atoms with Crippen molar-refractivity contribution < 1.29 is 0 Å². The van der Waals surface area contributed by atoms with Gasteiger partial charge in [0.2, 0.25) is 0 Å². The van der Waals surface area contributed by atoms with Gasteiger partial charge in [-0.15, -0.1) is 0 Å². The van der Waals surface area contributed by atoms with Crippen molar-refractivity contribution >= 4 is 0 Å². The Balaban J connectivity index is 2.29. The molecule has 1 aliphatic rings. The van der Waals surface area contributed by atoms with E-state index < -0.39 is 0 Å². The minimum absolute atomic E-state index is 0.355. The SMILES string of the molecule is Cc1ccc(C2(CN)CC2)cc1. The number of hydrogen-bond donors (Lipinski definition) is 1. The summed E-state index contributed by atoms with van der Waals surface area (Å²) in [4.78, 5) is 0. The Labute approximate surface area is 73.6 Å². The van der Waals surface area contributed by atoms with Crippen LogP contribution in [0, 0.1) is 6.92 Å². The summed E-state index contributed by atoms with van der Waals surface area (Å²) in [6.07, 6.45) is 2.54. The van der Waals surface area contributed by atoms with Crippen LogP contribution < -0.4 is 5.73 Å². The summed E-state index contributed by atoms with van der Waals surface area (Å²) in [6, 6.07) is 8.78. The van der Waals surface area contributed by atoms with E-state index in [0.29, 0.717) is 5.41 Å². The van der Waals surface area contributed by atoms with E-state index in [1.54, 1.807) is 0 Å². The second-order valence-electron chi connectivity index (χ2n) is 3.85. The van der Waals surface area contributed by atoms with Gasteiger partial charge < -0.3 is 5.73 Å². The summed E-state index contributed by atoms with van der Waals surface area (Å²) in [5.41, 5.74) is 8.85. The van der Waals surface area contributed by atoms with Crippen molar-refractivity contribution in [1.82, 2.24) is 0 Å².